The number of aromatic amines is 1. The van der Waals surface area contributed by atoms with Crippen LogP contribution in [0.3, 0.4) is 0 Å². The van der Waals surface area contributed by atoms with Crippen LogP contribution in [0, 0.1) is 0 Å². The molecule has 0 saturated heterocycles. The first-order valence-electron chi connectivity index (χ1n) is 27.4. The zero-order valence-electron chi connectivity index (χ0n) is 47.2. The monoisotopic (exact) mass is 1030 g/mol. The van der Waals surface area contributed by atoms with Gasteiger partial charge in [0.2, 0.25) is 0 Å². The van der Waals surface area contributed by atoms with Crippen LogP contribution >= 0.6 is 0 Å². The summed E-state index contributed by atoms with van der Waals surface area (Å²) in [4.78, 5) is 14.4. The molecule has 8 nitrogen and oxygen atoms in total. The van der Waals surface area contributed by atoms with Crippen molar-refractivity contribution in [2.75, 3.05) is 0 Å². The number of nitrogens with zero attached hydrogens (tertiary/aromatic N) is 3. The van der Waals surface area contributed by atoms with Gasteiger partial charge in [0, 0.05) is 44.4 Å². The minimum absolute atomic E-state index is 0. The molecule has 2 aliphatic heterocycles. The third kappa shape index (κ3) is 13.9. The molecule has 77 heavy (non-hydrogen) atoms. The third-order valence-electron chi connectivity index (χ3n) is 13.3. The molecule has 7 aromatic rings. The van der Waals surface area contributed by atoms with E-state index in [-0.39, 0.29) is 25.9 Å². The maximum Gasteiger partial charge on any atom is 2.00 e. The van der Waals surface area contributed by atoms with Gasteiger partial charge >= 0.3 is 23.1 Å². The summed E-state index contributed by atoms with van der Waals surface area (Å²) in [6, 6.07) is 43.7. The van der Waals surface area contributed by atoms with Gasteiger partial charge in [0.25, 0.3) is 0 Å². The topological polar surface area (TPSA) is 83.4 Å². The molecule has 2 aliphatic rings. The summed E-state index contributed by atoms with van der Waals surface area (Å²) in [5, 5.41) is 0. The molecule has 0 spiro atoms. The first kappa shape index (κ1) is 55.6. The van der Waals surface area contributed by atoms with E-state index in [1.165, 1.54) is 0 Å². The van der Waals surface area contributed by atoms with Crippen LogP contribution in [-0.4, -0.2) is 42.6 Å². The molecule has 9 rings (SSSR count). The van der Waals surface area contributed by atoms with E-state index in [9.17, 15) is 0 Å². The van der Waals surface area contributed by atoms with Crippen molar-refractivity contribution in [1.82, 2.24) is 19.5 Å². The van der Waals surface area contributed by atoms with Crippen LogP contribution in [-0.2, 0) is 0 Å². The van der Waals surface area contributed by atoms with Gasteiger partial charge in [-0.1, -0.05) is 120 Å². The molecule has 3 aromatic heterocycles. The number of benzene rings is 4. The van der Waals surface area contributed by atoms with Crippen LogP contribution in [0.4, 0.5) is 0 Å². The van der Waals surface area contributed by atoms with E-state index in [0.29, 0.717) is 23.0 Å². The maximum absolute atomic E-state index is 6.81. The van der Waals surface area contributed by atoms with Crippen LogP contribution in [0.5, 0.6) is 23.0 Å². The van der Waals surface area contributed by atoms with E-state index in [4.69, 9.17) is 28.9 Å². The number of ether oxygens (including phenoxy) is 4. The second kappa shape index (κ2) is 28.5. The largest absolute Gasteiger partial charge is 2.00 e. The number of fused-ring (bicyclic) bond motifs is 8. The molecule has 0 aliphatic carbocycles. The Kier molecular flexibility index (Phi) is 20.6. The summed E-state index contributed by atoms with van der Waals surface area (Å²) in [5.74, 6) is 2.73. The molecule has 0 unspecified atom stereocenters. The van der Waals surface area contributed by atoms with E-state index < -0.39 is 0 Å². The second-order valence-electron chi connectivity index (χ2n) is 19.0. The Morgan fingerprint density at radius 3 is 1.35 bits per heavy atom. The number of H-pyrrole nitrogens is 1. The van der Waals surface area contributed by atoms with Crippen molar-refractivity contribution in [3.63, 3.8) is 0 Å². The van der Waals surface area contributed by atoms with Crippen molar-refractivity contribution >= 4 is 69.4 Å². The third-order valence-corrected chi connectivity index (χ3v) is 13.3. The van der Waals surface area contributed by atoms with Crippen LogP contribution in [0.25, 0.3) is 85.4 Å². The minimum Gasteiger partial charge on any atom is -1.00 e. The van der Waals surface area contributed by atoms with Crippen molar-refractivity contribution in [3.8, 4) is 62.1 Å². The molecule has 5 heterocycles. The summed E-state index contributed by atoms with van der Waals surface area (Å²) in [7, 11) is 0. The van der Waals surface area contributed by atoms with Gasteiger partial charge < -0.3 is 31.4 Å². The van der Waals surface area contributed by atoms with Crippen LogP contribution in [0.1, 0.15) is 130 Å². The number of allylic oxidation sites excluding steroid dienone is 4. The Balaban J connectivity index is 0.00000336. The molecule has 0 fully saturated rings. The van der Waals surface area contributed by atoms with E-state index >= 15 is 0 Å². The van der Waals surface area contributed by atoms with Gasteiger partial charge in [0.15, 0.2) is 0 Å². The van der Waals surface area contributed by atoms with Gasteiger partial charge in [-0.3, -0.25) is 0 Å². The van der Waals surface area contributed by atoms with Gasteiger partial charge in [0.1, 0.15) is 23.0 Å². The molecular weight excluding hydrogens is 961 g/mol. The Morgan fingerprint density at radius 1 is 0.442 bits per heavy atom. The number of aromatic nitrogens is 4. The predicted octanol–water partition coefficient (Wildman–Crippen LogP) is 19.3. The molecule has 0 amide bonds. The maximum atomic E-state index is 6.81. The van der Waals surface area contributed by atoms with Gasteiger partial charge in [0.05, 0.1) is 64.5 Å². The summed E-state index contributed by atoms with van der Waals surface area (Å²) >= 11 is 0. The van der Waals surface area contributed by atoms with Crippen LogP contribution < -0.4 is 18.9 Å². The van der Waals surface area contributed by atoms with E-state index in [1.807, 2.05) is 67.5 Å². The molecule has 390 valence electrons. The number of hydrogen-bond donors (Lipinski definition) is 1. The number of para-hydroxylation sites is 5. The molecule has 0 saturated carbocycles. The summed E-state index contributed by atoms with van der Waals surface area (Å²) < 4.78 is 29.5. The fraction of sp³-hybridized carbons (Fsp3) is 0.235. The van der Waals surface area contributed by atoms with Crippen molar-refractivity contribution in [3.05, 3.63) is 200 Å². The number of rotatable bonds is 24. The Morgan fingerprint density at radius 2 is 0.844 bits per heavy atom. The number of unbranched alkanes of at least 4 members (excludes halogenated alkanes) is 8. The quantitative estimate of drug-likeness (QED) is 0.0369. The standard InChI is InChI=1S/C68H70N4O4.Mg.2H/c1-5-9-13-25-43-73-61-33-21-17-29-55(61)65-58-42-41-53(71-58)48-52-38-37-50(69-52)47-51-39-40-54(70-51)49-60-66(56-30-18-22-34-62(56)74-44-26-14-10-6-2)67(57-31-19-23-35-63(57)75-45-27-15-11-7-3)68(65)72(60)59-32-20-24-36-64(59)76-46-28-16-12-8-4;;;/h17-49,69H,5-16H2,1-4H3;;;/q;+2;2*-1. The van der Waals surface area contributed by atoms with Crippen molar-refractivity contribution in [2.45, 2.75) is 105 Å². The summed E-state index contributed by atoms with van der Waals surface area (Å²) in [6.45, 7) is 8.82. The van der Waals surface area contributed by atoms with Gasteiger partial charge in [-0.2, -0.15) is 0 Å². The molecule has 9 heteroatoms. The molecule has 1 N–H and O–H groups in total. The normalized spacial score (nSPS) is 12.1. The minimum atomic E-state index is 0. The first-order valence-corrected chi connectivity index (χ1v) is 27.4. The Hall–Kier alpha value is -7.59. The van der Waals surface area contributed by atoms with E-state index in [2.05, 4.69) is 171 Å². The molecule has 4 aromatic carbocycles. The molecule has 8 bridgehead atoms. The van der Waals surface area contributed by atoms with Crippen LogP contribution in [0.15, 0.2) is 177 Å². The first-order chi connectivity index (χ1) is 37.6. The van der Waals surface area contributed by atoms with E-state index in [0.717, 1.165) is 161 Å². The Labute approximate surface area is 474 Å². The van der Waals surface area contributed by atoms with Crippen molar-refractivity contribution in [2.24, 2.45) is 0 Å². The molecule has 0 radical (unpaired) electrons. The van der Waals surface area contributed by atoms with E-state index in [1.54, 1.807) is 0 Å². The van der Waals surface area contributed by atoms with Gasteiger partial charge in [-0.15, -0.1) is 0 Å². The fourth-order valence-electron chi connectivity index (χ4n) is 9.46. The van der Waals surface area contributed by atoms with Crippen LogP contribution in [0.2, 0.25) is 0 Å². The average Bonchev–Trinajstić information content (AvgIpc) is 4.31. The fourth-order valence-corrected chi connectivity index (χ4v) is 9.46. The van der Waals surface area contributed by atoms with Gasteiger partial charge in [-0.25, -0.2) is 9.97 Å². The summed E-state index contributed by atoms with van der Waals surface area (Å²) in [6.07, 6.45) is 36.4. The average molecular weight is 1030 g/mol. The molecular formula is C68H72MgN4O4. The predicted molar refractivity (Wildman–Crippen MR) is 325 cm³/mol. The number of hydrogen-bond acceptors (Lipinski definition) is 6. The zero-order chi connectivity index (χ0) is 52.3. The van der Waals surface area contributed by atoms with Gasteiger partial charge in [-0.05, 0) is 161 Å². The van der Waals surface area contributed by atoms with Crippen molar-refractivity contribution < 1.29 is 21.8 Å². The Bertz CT molecular complexity index is 3480. The number of nitrogens with one attached hydrogen (secondary N) is 1. The SMILES string of the molecule is CCCCC=COc1ccccc1-c1c(-c2ccccc2OC=CCCCC)c2c(-c3ccccc3OC=CCCCC)c3nc(cc4ccc(cc5nc(cc1n2-c1ccccc1OC=CCCCC)C=C5)[nH]4)C=C3.[H-].[H-].[Mg+2]. The zero-order valence-corrected chi connectivity index (χ0v) is 46.6. The molecule has 0 atom stereocenters. The second-order valence-corrected chi connectivity index (χ2v) is 19.0. The smallest absolute Gasteiger partial charge is 1.00 e. The summed E-state index contributed by atoms with van der Waals surface area (Å²) in [5.41, 5.74) is 12.6. The van der Waals surface area contributed by atoms with Crippen molar-refractivity contribution in [1.29, 1.82) is 0 Å².